The average Bonchev–Trinajstić information content (AvgIpc) is 2.52. The van der Waals surface area contributed by atoms with Crippen molar-refractivity contribution in [3.8, 4) is 11.5 Å². The summed E-state index contributed by atoms with van der Waals surface area (Å²) in [6.45, 7) is 0.946. The number of ether oxygens (including phenoxy) is 2. The lowest BCUT2D eigenvalue weighted by molar-refractivity contribution is 0.277. The van der Waals surface area contributed by atoms with E-state index in [4.69, 9.17) is 9.47 Å². The minimum Gasteiger partial charge on any atom is -0.490 e. The summed E-state index contributed by atoms with van der Waals surface area (Å²) in [6, 6.07) is 7.78. The second-order valence-corrected chi connectivity index (χ2v) is 12.7. The largest absolute Gasteiger partial charge is 0.490 e. The third kappa shape index (κ3) is 6.99. The predicted octanol–water partition coefficient (Wildman–Crippen LogP) is 9.25. The van der Waals surface area contributed by atoms with Crippen molar-refractivity contribution in [1.29, 1.82) is 0 Å². The zero-order chi connectivity index (χ0) is 19.4. The maximum atomic E-state index is 5.95. The molecule has 2 rings (SSSR count). The van der Waals surface area contributed by atoms with Crippen molar-refractivity contribution in [2.24, 2.45) is 0 Å². The molecule has 0 amide bonds. The van der Waals surface area contributed by atoms with E-state index in [9.17, 15) is 0 Å². The average molecular weight is 873 g/mol. The Morgan fingerprint density at radius 3 is 1.12 bits per heavy atom. The number of rotatable bonds is 7. The van der Waals surface area contributed by atoms with Crippen molar-refractivity contribution in [2.75, 3.05) is 13.2 Å². The lowest BCUT2D eigenvalue weighted by Crippen LogP contribution is -2.27. The van der Waals surface area contributed by atoms with Gasteiger partial charge in [-0.3, -0.25) is 0 Å². The van der Waals surface area contributed by atoms with Gasteiger partial charge >= 0.3 is 0 Å². The van der Waals surface area contributed by atoms with E-state index >= 15 is 0 Å². The molecule has 2 atom stereocenters. The van der Waals surface area contributed by atoms with E-state index in [2.05, 4.69) is 127 Å². The molecule has 2 unspecified atom stereocenters. The van der Waals surface area contributed by atoms with Crippen LogP contribution in [0.2, 0.25) is 0 Å². The molecule has 0 saturated carbocycles. The first-order valence-electron chi connectivity index (χ1n) is 7.02. The summed E-state index contributed by atoms with van der Waals surface area (Å²) in [7, 11) is 0. The van der Waals surface area contributed by atoms with Crippen molar-refractivity contribution in [1.82, 2.24) is 0 Å². The van der Waals surface area contributed by atoms with Crippen LogP contribution in [-0.2, 0) is 0 Å². The summed E-state index contributed by atoms with van der Waals surface area (Å²) in [5, 5.41) is 0. The zero-order valence-electron chi connectivity index (χ0n) is 12.7. The fraction of sp³-hybridized carbons (Fsp3) is 0.250. The minimum atomic E-state index is 0.0537. The predicted molar refractivity (Wildman–Crippen MR) is 136 cm³/mol. The molecule has 0 aliphatic rings. The molecule has 2 nitrogen and oxygen atoms in total. The maximum Gasteiger partial charge on any atom is 0.147 e. The van der Waals surface area contributed by atoms with Gasteiger partial charge in [0.05, 0.1) is 27.5 Å². The lowest BCUT2D eigenvalue weighted by atomic mass is 10.3. The Morgan fingerprint density at radius 2 is 0.846 bits per heavy atom. The normalized spacial score (nSPS) is 13.4. The molecular formula is C16H10Br8O2. The highest BCUT2D eigenvalue weighted by Crippen LogP contribution is 2.38. The van der Waals surface area contributed by atoms with Crippen molar-refractivity contribution in [3.63, 3.8) is 0 Å². The highest BCUT2D eigenvalue weighted by molar-refractivity contribution is 9.12. The molecule has 0 aliphatic carbocycles. The first kappa shape index (κ1) is 24.2. The Balaban J connectivity index is 1.93. The van der Waals surface area contributed by atoms with E-state index in [1.165, 1.54) is 0 Å². The van der Waals surface area contributed by atoms with Crippen LogP contribution < -0.4 is 9.47 Å². The van der Waals surface area contributed by atoms with Gasteiger partial charge in [0.25, 0.3) is 0 Å². The lowest BCUT2D eigenvalue weighted by Gasteiger charge is -2.20. The Kier molecular flexibility index (Phi) is 10.5. The highest BCUT2D eigenvalue weighted by Gasteiger charge is 2.20. The monoisotopic (exact) mass is 865 g/mol. The van der Waals surface area contributed by atoms with Gasteiger partial charge in [-0.1, -0.05) is 63.7 Å². The van der Waals surface area contributed by atoms with Crippen LogP contribution in [0.1, 0.15) is 0 Å². The zero-order valence-corrected chi connectivity index (χ0v) is 25.4. The van der Waals surface area contributed by atoms with Gasteiger partial charge < -0.3 is 9.47 Å². The van der Waals surface area contributed by atoms with Crippen LogP contribution in [0.5, 0.6) is 11.5 Å². The van der Waals surface area contributed by atoms with Crippen LogP contribution in [0.15, 0.2) is 51.1 Å². The fourth-order valence-corrected chi connectivity index (χ4v) is 7.41. The molecular weight excluding hydrogens is 863 g/mol. The summed E-state index contributed by atoms with van der Waals surface area (Å²) >= 11 is 28.3. The molecule has 10 heteroatoms. The molecule has 0 aliphatic heterocycles. The van der Waals surface area contributed by atoms with E-state index in [0.717, 1.165) is 38.3 Å². The molecule has 0 N–H and O–H groups in total. The Labute approximate surface area is 219 Å². The molecule has 2 aromatic carbocycles. The standard InChI is InChI=1S/C16H10Br8O2/c17-7-1-9(19)15(10(20)2-7)25-5-13(23)14(24)6-26-16-11(21)3-8(18)4-12(16)22/h1-4,13-14H,5-6H2. The van der Waals surface area contributed by atoms with Crippen LogP contribution in [-0.4, -0.2) is 22.9 Å². The molecule has 0 fully saturated rings. The van der Waals surface area contributed by atoms with Crippen molar-refractivity contribution in [2.45, 2.75) is 9.65 Å². The van der Waals surface area contributed by atoms with Gasteiger partial charge in [-0.15, -0.1) is 0 Å². The first-order valence-corrected chi connectivity index (χ1v) is 13.6. The highest BCUT2D eigenvalue weighted by atomic mass is 79.9. The number of halogens is 8. The molecule has 0 aromatic heterocycles. The molecule has 26 heavy (non-hydrogen) atoms. The van der Waals surface area contributed by atoms with E-state index in [1.54, 1.807) is 0 Å². The smallest absolute Gasteiger partial charge is 0.147 e. The van der Waals surface area contributed by atoms with Crippen LogP contribution in [0.25, 0.3) is 0 Å². The van der Waals surface area contributed by atoms with E-state index in [0.29, 0.717) is 13.2 Å². The molecule has 0 spiro atoms. The molecule has 2 aromatic rings. The summed E-state index contributed by atoms with van der Waals surface area (Å²) in [4.78, 5) is 0.107. The first-order chi connectivity index (χ1) is 12.2. The number of alkyl halides is 2. The summed E-state index contributed by atoms with van der Waals surface area (Å²) in [6.07, 6.45) is 0. The molecule has 0 bridgehead atoms. The number of hydrogen-bond acceptors (Lipinski definition) is 2. The van der Waals surface area contributed by atoms with Gasteiger partial charge in [-0.2, -0.15) is 0 Å². The van der Waals surface area contributed by atoms with Crippen molar-refractivity contribution in [3.05, 3.63) is 51.1 Å². The Bertz CT molecular complexity index is 671. The SMILES string of the molecule is Brc1cc(Br)c(OCC(Br)C(Br)COc2c(Br)cc(Br)cc2Br)c(Br)c1. The van der Waals surface area contributed by atoms with Gasteiger partial charge in [0, 0.05) is 8.95 Å². The second-order valence-electron chi connectivity index (χ2n) is 5.05. The Morgan fingerprint density at radius 1 is 0.577 bits per heavy atom. The Hall–Kier alpha value is 1.88. The van der Waals surface area contributed by atoms with Gasteiger partial charge in [-0.05, 0) is 88.0 Å². The van der Waals surface area contributed by atoms with Gasteiger partial charge in [0.1, 0.15) is 24.7 Å². The van der Waals surface area contributed by atoms with E-state index < -0.39 is 0 Å². The topological polar surface area (TPSA) is 18.5 Å². The summed E-state index contributed by atoms with van der Waals surface area (Å²) < 4.78 is 17.3. The molecule has 0 heterocycles. The third-order valence-electron chi connectivity index (χ3n) is 3.09. The van der Waals surface area contributed by atoms with E-state index in [1.807, 2.05) is 24.3 Å². The fourth-order valence-electron chi connectivity index (χ4n) is 1.87. The van der Waals surface area contributed by atoms with Crippen LogP contribution in [0.4, 0.5) is 0 Å². The summed E-state index contributed by atoms with van der Waals surface area (Å²) in [5.74, 6) is 1.52. The van der Waals surface area contributed by atoms with Crippen LogP contribution in [0.3, 0.4) is 0 Å². The van der Waals surface area contributed by atoms with Crippen molar-refractivity contribution >= 4 is 127 Å². The molecule has 142 valence electrons. The van der Waals surface area contributed by atoms with Gasteiger partial charge in [-0.25, -0.2) is 0 Å². The molecule has 0 radical (unpaired) electrons. The molecule has 0 saturated heterocycles. The van der Waals surface area contributed by atoms with Crippen LogP contribution >= 0.6 is 127 Å². The van der Waals surface area contributed by atoms with Gasteiger partial charge in [0.2, 0.25) is 0 Å². The summed E-state index contributed by atoms with van der Waals surface area (Å²) in [5.41, 5.74) is 0. The van der Waals surface area contributed by atoms with Gasteiger partial charge in [0.15, 0.2) is 0 Å². The minimum absolute atomic E-state index is 0.0537. The second kappa shape index (κ2) is 11.3. The number of benzene rings is 2. The maximum absolute atomic E-state index is 5.95. The quantitative estimate of drug-likeness (QED) is 0.259. The third-order valence-corrected chi connectivity index (χ3v) is 8.88. The van der Waals surface area contributed by atoms with Crippen LogP contribution in [0, 0.1) is 0 Å². The number of hydrogen-bond donors (Lipinski definition) is 0. The van der Waals surface area contributed by atoms with Crippen molar-refractivity contribution < 1.29 is 9.47 Å². The van der Waals surface area contributed by atoms with E-state index in [-0.39, 0.29) is 9.65 Å².